The molecule has 0 unspecified atom stereocenters. The predicted octanol–water partition coefficient (Wildman–Crippen LogP) is 2.47. The van der Waals surface area contributed by atoms with Crippen LogP contribution in [0.3, 0.4) is 0 Å². The summed E-state index contributed by atoms with van der Waals surface area (Å²) in [6.07, 6.45) is 0. The first-order chi connectivity index (χ1) is 7.75. The number of hydrogen-bond acceptors (Lipinski definition) is 4. The lowest BCUT2D eigenvalue weighted by molar-refractivity contribution is -0.102. The summed E-state index contributed by atoms with van der Waals surface area (Å²) in [6, 6.07) is 12.6. The van der Waals surface area contributed by atoms with E-state index in [1.54, 1.807) is 30.3 Å². The second kappa shape index (κ2) is 4.44. The van der Waals surface area contributed by atoms with Gasteiger partial charge in [-0.1, -0.05) is 18.2 Å². The summed E-state index contributed by atoms with van der Waals surface area (Å²) in [7, 11) is 0. The molecule has 82 valence electrons. The van der Waals surface area contributed by atoms with Gasteiger partial charge < -0.3 is 10.2 Å². The van der Waals surface area contributed by atoms with Gasteiger partial charge in [0, 0.05) is 6.07 Å². The Hall–Kier alpha value is -2.36. The van der Waals surface area contributed by atoms with Crippen LogP contribution in [0.25, 0.3) is 0 Å². The van der Waals surface area contributed by atoms with Crippen molar-refractivity contribution in [1.82, 2.24) is 0 Å². The second-order valence-electron chi connectivity index (χ2n) is 3.13. The minimum Gasteiger partial charge on any atom is -0.508 e. The maximum Gasteiger partial charge on any atom is 0.220 e. The Labute approximate surface area is 92.2 Å². The molecular formula is C12H10O4. The molecule has 0 atom stereocenters. The van der Waals surface area contributed by atoms with E-state index in [4.69, 9.17) is 9.78 Å². The van der Waals surface area contributed by atoms with Crippen LogP contribution < -0.4 is 9.78 Å². The lowest BCUT2D eigenvalue weighted by Crippen LogP contribution is -2.00. The van der Waals surface area contributed by atoms with E-state index in [9.17, 15) is 10.2 Å². The number of para-hydroxylation sites is 2. The molecule has 2 N–H and O–H groups in total. The zero-order valence-electron chi connectivity index (χ0n) is 8.33. The highest BCUT2D eigenvalue weighted by atomic mass is 17.2. The van der Waals surface area contributed by atoms with Crippen molar-refractivity contribution >= 4 is 0 Å². The average Bonchev–Trinajstić information content (AvgIpc) is 2.28. The van der Waals surface area contributed by atoms with Crippen LogP contribution in [0.1, 0.15) is 0 Å². The molecule has 0 radical (unpaired) electrons. The third kappa shape index (κ3) is 2.36. The maximum absolute atomic E-state index is 9.39. The first-order valence-corrected chi connectivity index (χ1v) is 4.67. The predicted molar refractivity (Wildman–Crippen MR) is 57.5 cm³/mol. The molecular weight excluding hydrogens is 208 g/mol. The lowest BCUT2D eigenvalue weighted by Gasteiger charge is -2.06. The Morgan fingerprint density at radius 2 is 1.62 bits per heavy atom. The number of phenolic OH excluding ortho intramolecular Hbond substituents is 2. The Balaban J connectivity index is 2.05. The normalized spacial score (nSPS) is 9.75. The van der Waals surface area contributed by atoms with Gasteiger partial charge in [0.25, 0.3) is 0 Å². The van der Waals surface area contributed by atoms with Crippen LogP contribution >= 0.6 is 0 Å². The Morgan fingerprint density at radius 3 is 2.38 bits per heavy atom. The molecule has 0 aliphatic carbocycles. The molecule has 0 aliphatic rings. The molecule has 0 aromatic heterocycles. The van der Waals surface area contributed by atoms with Crippen LogP contribution in [-0.2, 0) is 0 Å². The number of hydrogen-bond donors (Lipinski definition) is 2. The molecule has 0 fully saturated rings. The molecule has 0 amide bonds. The summed E-state index contributed by atoms with van der Waals surface area (Å²) in [4.78, 5) is 9.85. The largest absolute Gasteiger partial charge is 0.508 e. The van der Waals surface area contributed by atoms with Crippen molar-refractivity contribution in [2.75, 3.05) is 0 Å². The van der Waals surface area contributed by atoms with E-state index in [1.807, 2.05) is 0 Å². The number of rotatable bonds is 3. The van der Waals surface area contributed by atoms with E-state index < -0.39 is 0 Å². The van der Waals surface area contributed by atoms with Crippen molar-refractivity contribution in [3.63, 3.8) is 0 Å². The molecule has 0 bridgehead atoms. The summed E-state index contributed by atoms with van der Waals surface area (Å²) in [5.41, 5.74) is 0. The second-order valence-corrected chi connectivity index (χ2v) is 3.13. The molecule has 4 heteroatoms. The third-order valence-corrected chi connectivity index (χ3v) is 1.91. The Bertz CT molecular complexity index is 482. The van der Waals surface area contributed by atoms with Crippen LogP contribution in [0, 0.1) is 0 Å². The van der Waals surface area contributed by atoms with Gasteiger partial charge in [-0.3, -0.25) is 9.78 Å². The third-order valence-electron chi connectivity index (χ3n) is 1.91. The van der Waals surface area contributed by atoms with Gasteiger partial charge >= 0.3 is 0 Å². The number of phenols is 2. The van der Waals surface area contributed by atoms with Crippen molar-refractivity contribution in [2.24, 2.45) is 0 Å². The topological polar surface area (TPSA) is 58.9 Å². The van der Waals surface area contributed by atoms with Gasteiger partial charge in [0.15, 0.2) is 11.5 Å². The molecule has 2 rings (SSSR count). The van der Waals surface area contributed by atoms with E-state index in [1.165, 1.54) is 18.2 Å². The SMILES string of the molecule is Oc1cccc(OOc2ccccc2O)c1. The summed E-state index contributed by atoms with van der Waals surface area (Å²) in [6.45, 7) is 0. The van der Waals surface area contributed by atoms with Gasteiger partial charge in [-0.2, -0.15) is 0 Å². The molecule has 16 heavy (non-hydrogen) atoms. The Kier molecular flexibility index (Phi) is 2.82. The van der Waals surface area contributed by atoms with Crippen molar-refractivity contribution in [1.29, 1.82) is 0 Å². The molecule has 0 saturated carbocycles. The van der Waals surface area contributed by atoms with E-state index >= 15 is 0 Å². The van der Waals surface area contributed by atoms with E-state index in [0.717, 1.165) is 0 Å². The van der Waals surface area contributed by atoms with Crippen LogP contribution in [0.15, 0.2) is 48.5 Å². The van der Waals surface area contributed by atoms with Crippen molar-refractivity contribution in [2.45, 2.75) is 0 Å². The maximum atomic E-state index is 9.39. The van der Waals surface area contributed by atoms with E-state index in [0.29, 0.717) is 5.75 Å². The molecule has 0 aliphatic heterocycles. The van der Waals surface area contributed by atoms with Gasteiger partial charge in [0.2, 0.25) is 5.75 Å². The fraction of sp³-hybridized carbons (Fsp3) is 0. The smallest absolute Gasteiger partial charge is 0.220 e. The van der Waals surface area contributed by atoms with Gasteiger partial charge in [0.1, 0.15) is 5.75 Å². The highest BCUT2D eigenvalue weighted by Gasteiger charge is 2.03. The minimum atomic E-state index is -0.0114. The lowest BCUT2D eigenvalue weighted by atomic mass is 10.3. The number of benzene rings is 2. The van der Waals surface area contributed by atoms with Gasteiger partial charge in [-0.25, -0.2) is 0 Å². The number of aromatic hydroxyl groups is 2. The zero-order valence-corrected chi connectivity index (χ0v) is 8.33. The average molecular weight is 218 g/mol. The fourth-order valence-corrected chi connectivity index (χ4v) is 1.16. The minimum absolute atomic E-state index is 0.0114. The van der Waals surface area contributed by atoms with Crippen LogP contribution in [-0.4, -0.2) is 10.2 Å². The molecule has 2 aromatic carbocycles. The fourth-order valence-electron chi connectivity index (χ4n) is 1.16. The van der Waals surface area contributed by atoms with Crippen molar-refractivity contribution < 1.29 is 20.0 Å². The quantitative estimate of drug-likeness (QED) is 0.613. The zero-order chi connectivity index (χ0) is 11.4. The van der Waals surface area contributed by atoms with Crippen molar-refractivity contribution in [3.05, 3.63) is 48.5 Å². The molecule has 0 spiro atoms. The monoisotopic (exact) mass is 218 g/mol. The van der Waals surface area contributed by atoms with Crippen LogP contribution in [0.5, 0.6) is 23.0 Å². The highest BCUT2D eigenvalue weighted by molar-refractivity contribution is 5.38. The summed E-state index contributed by atoms with van der Waals surface area (Å²) < 4.78 is 0. The van der Waals surface area contributed by atoms with E-state index in [2.05, 4.69) is 0 Å². The summed E-state index contributed by atoms with van der Waals surface area (Å²) in [5, 5.41) is 18.6. The summed E-state index contributed by atoms with van der Waals surface area (Å²) in [5.74, 6) is 0.634. The van der Waals surface area contributed by atoms with E-state index in [-0.39, 0.29) is 17.2 Å². The first kappa shape index (κ1) is 10.2. The first-order valence-electron chi connectivity index (χ1n) is 4.67. The van der Waals surface area contributed by atoms with Gasteiger partial charge in [0.05, 0.1) is 0 Å². The van der Waals surface area contributed by atoms with Gasteiger partial charge in [-0.15, -0.1) is 0 Å². The molecule has 0 saturated heterocycles. The molecule has 2 aromatic rings. The Morgan fingerprint density at radius 1 is 0.812 bits per heavy atom. The van der Waals surface area contributed by atoms with Crippen LogP contribution in [0.4, 0.5) is 0 Å². The van der Waals surface area contributed by atoms with Gasteiger partial charge in [-0.05, 0) is 24.3 Å². The standard InChI is InChI=1S/C12H10O4/c13-9-4-3-5-10(8-9)15-16-12-7-2-1-6-11(12)14/h1-8,13-14H. The molecule has 0 heterocycles. The highest BCUT2D eigenvalue weighted by Crippen LogP contribution is 2.26. The molecule has 4 nitrogen and oxygen atoms in total. The van der Waals surface area contributed by atoms with Crippen LogP contribution in [0.2, 0.25) is 0 Å². The van der Waals surface area contributed by atoms with Crippen molar-refractivity contribution in [3.8, 4) is 23.0 Å². The summed E-state index contributed by atoms with van der Waals surface area (Å²) >= 11 is 0.